The Morgan fingerprint density at radius 3 is 2.75 bits per heavy atom. The molecule has 0 bridgehead atoms. The summed E-state index contributed by atoms with van der Waals surface area (Å²) >= 11 is 0. The number of fused-ring (bicyclic) bond motifs is 1. The monoisotopic (exact) mass is 431 g/mol. The number of pyridine rings is 3. The van der Waals surface area contributed by atoms with Gasteiger partial charge in [0.05, 0.1) is 37.4 Å². The zero-order chi connectivity index (χ0) is 22.1. The van der Waals surface area contributed by atoms with Gasteiger partial charge in [0.2, 0.25) is 5.91 Å². The fraction of sp³-hybridized carbons (Fsp3) is 0.174. The maximum Gasteiger partial charge on any atom is 0.231 e. The first-order valence-electron chi connectivity index (χ1n) is 10.0. The van der Waals surface area contributed by atoms with Crippen molar-refractivity contribution in [1.29, 1.82) is 0 Å². The number of ketones is 1. The molecule has 8 nitrogen and oxygen atoms in total. The number of ether oxygens (including phenoxy) is 1. The second-order valence-electron chi connectivity index (χ2n) is 7.49. The second kappa shape index (κ2) is 8.27. The first kappa shape index (κ1) is 20.0. The zero-order valence-electron chi connectivity index (χ0n) is 16.9. The minimum atomic E-state index is -0.469. The lowest BCUT2D eigenvalue weighted by Gasteiger charge is -2.28. The molecule has 1 aliphatic heterocycles. The molecule has 5 rings (SSSR count). The van der Waals surface area contributed by atoms with Crippen LogP contribution in [-0.2, 0) is 16.0 Å². The van der Waals surface area contributed by atoms with Crippen molar-refractivity contribution in [1.82, 2.24) is 19.5 Å². The second-order valence-corrected chi connectivity index (χ2v) is 7.49. The van der Waals surface area contributed by atoms with Crippen LogP contribution in [0, 0.1) is 5.82 Å². The topological polar surface area (TPSA) is 99.0 Å². The number of carbonyl (C=O) groups is 2. The Bertz CT molecular complexity index is 1310. The van der Waals surface area contributed by atoms with Crippen molar-refractivity contribution in [2.75, 3.05) is 18.5 Å². The molecule has 5 heterocycles. The van der Waals surface area contributed by atoms with Crippen LogP contribution in [0.3, 0.4) is 0 Å². The standard InChI is InChI=1S/C23H18FN5O3/c24-15-1-2-16(27-9-15)8-22(30)28-21-7-14(3-6-26-21)23(31)19-11-29(17-12-32-13-17)20-4-5-25-10-18(19)20/h1-7,9-11,17H,8,12-13H2,(H,26,28,30). The first-order valence-corrected chi connectivity index (χ1v) is 10.0. The van der Waals surface area contributed by atoms with Crippen molar-refractivity contribution in [3.63, 3.8) is 0 Å². The number of nitrogens with zero attached hydrogens (tertiary/aromatic N) is 4. The Morgan fingerprint density at radius 2 is 2.00 bits per heavy atom. The van der Waals surface area contributed by atoms with Crippen molar-refractivity contribution in [2.45, 2.75) is 12.5 Å². The lowest BCUT2D eigenvalue weighted by Crippen LogP contribution is -2.30. The van der Waals surface area contributed by atoms with E-state index in [0.717, 1.165) is 17.1 Å². The summed E-state index contributed by atoms with van der Waals surface area (Å²) in [6, 6.07) is 7.89. The molecule has 32 heavy (non-hydrogen) atoms. The molecular formula is C23H18FN5O3. The van der Waals surface area contributed by atoms with E-state index in [0.29, 0.717) is 30.0 Å². The van der Waals surface area contributed by atoms with E-state index in [1.165, 1.54) is 24.4 Å². The number of halogens is 1. The summed E-state index contributed by atoms with van der Waals surface area (Å²) in [6.45, 7) is 1.21. The van der Waals surface area contributed by atoms with Crippen LogP contribution < -0.4 is 5.32 Å². The lowest BCUT2D eigenvalue weighted by molar-refractivity contribution is -0.115. The lowest BCUT2D eigenvalue weighted by atomic mass is 10.0. The van der Waals surface area contributed by atoms with E-state index >= 15 is 0 Å². The summed E-state index contributed by atoms with van der Waals surface area (Å²) in [7, 11) is 0. The molecule has 1 amide bonds. The smallest absolute Gasteiger partial charge is 0.231 e. The molecular weight excluding hydrogens is 413 g/mol. The highest BCUT2D eigenvalue weighted by molar-refractivity contribution is 6.16. The third kappa shape index (κ3) is 3.85. The third-order valence-electron chi connectivity index (χ3n) is 5.31. The average molecular weight is 431 g/mol. The van der Waals surface area contributed by atoms with Crippen molar-refractivity contribution >= 4 is 28.4 Å². The van der Waals surface area contributed by atoms with Gasteiger partial charge in [-0.15, -0.1) is 0 Å². The number of hydrogen-bond donors (Lipinski definition) is 1. The Kier molecular flexibility index (Phi) is 5.16. The number of carbonyl (C=O) groups excluding carboxylic acids is 2. The molecule has 9 heteroatoms. The summed E-state index contributed by atoms with van der Waals surface area (Å²) in [5.74, 6) is -0.785. The van der Waals surface area contributed by atoms with Crippen LogP contribution in [0.4, 0.5) is 10.2 Å². The van der Waals surface area contributed by atoms with E-state index in [1.807, 2.05) is 16.8 Å². The molecule has 1 fully saturated rings. The van der Waals surface area contributed by atoms with Gasteiger partial charge in [-0.2, -0.15) is 0 Å². The van der Waals surface area contributed by atoms with E-state index in [4.69, 9.17) is 4.74 Å². The molecule has 4 aromatic heterocycles. The summed E-state index contributed by atoms with van der Waals surface area (Å²) in [4.78, 5) is 37.8. The molecule has 0 spiro atoms. The Morgan fingerprint density at radius 1 is 1.12 bits per heavy atom. The molecule has 1 N–H and O–H groups in total. The van der Waals surface area contributed by atoms with Crippen LogP contribution >= 0.6 is 0 Å². The number of rotatable bonds is 6. The van der Waals surface area contributed by atoms with Gasteiger partial charge in [-0.05, 0) is 30.3 Å². The van der Waals surface area contributed by atoms with Gasteiger partial charge in [0.1, 0.15) is 11.6 Å². The van der Waals surface area contributed by atoms with Gasteiger partial charge in [-0.3, -0.25) is 19.6 Å². The number of nitrogens with one attached hydrogen (secondary N) is 1. The van der Waals surface area contributed by atoms with Gasteiger partial charge >= 0.3 is 0 Å². The molecule has 1 aliphatic rings. The van der Waals surface area contributed by atoms with Gasteiger partial charge in [0.15, 0.2) is 5.78 Å². The van der Waals surface area contributed by atoms with Gasteiger partial charge < -0.3 is 14.6 Å². The van der Waals surface area contributed by atoms with E-state index in [9.17, 15) is 14.0 Å². The molecule has 0 unspecified atom stereocenters. The maximum atomic E-state index is 13.3. The normalized spacial score (nSPS) is 13.7. The van der Waals surface area contributed by atoms with Crippen LogP contribution in [0.25, 0.3) is 10.9 Å². The summed E-state index contributed by atoms with van der Waals surface area (Å²) in [6.07, 6.45) is 7.70. The number of amides is 1. The van der Waals surface area contributed by atoms with Crippen LogP contribution in [0.1, 0.15) is 27.7 Å². The quantitative estimate of drug-likeness (QED) is 0.472. The van der Waals surface area contributed by atoms with Gasteiger partial charge in [0.25, 0.3) is 0 Å². The number of hydrogen-bond acceptors (Lipinski definition) is 6. The Labute approximate surface area is 182 Å². The van der Waals surface area contributed by atoms with Crippen LogP contribution in [0.15, 0.2) is 61.3 Å². The predicted octanol–water partition coefficient (Wildman–Crippen LogP) is 2.95. The minimum Gasteiger partial charge on any atom is -0.377 e. The highest BCUT2D eigenvalue weighted by Gasteiger charge is 2.25. The van der Waals surface area contributed by atoms with Crippen molar-refractivity contribution < 1.29 is 18.7 Å². The largest absolute Gasteiger partial charge is 0.377 e. The highest BCUT2D eigenvalue weighted by atomic mass is 19.1. The van der Waals surface area contributed by atoms with Crippen molar-refractivity contribution in [3.8, 4) is 0 Å². The SMILES string of the molecule is O=C(Cc1ccc(F)cn1)Nc1cc(C(=O)c2cn(C3COC3)c3ccncc23)ccn1. The Hall–Kier alpha value is -3.98. The summed E-state index contributed by atoms with van der Waals surface area (Å²) in [5, 5.41) is 3.42. The van der Waals surface area contributed by atoms with Gasteiger partial charge in [-0.25, -0.2) is 9.37 Å². The van der Waals surface area contributed by atoms with E-state index in [1.54, 1.807) is 18.5 Å². The summed E-state index contributed by atoms with van der Waals surface area (Å²) in [5.41, 5.74) is 2.27. The van der Waals surface area contributed by atoms with Crippen LogP contribution in [0.2, 0.25) is 0 Å². The van der Waals surface area contributed by atoms with Gasteiger partial charge in [0, 0.05) is 47.0 Å². The summed E-state index contributed by atoms with van der Waals surface area (Å²) < 4.78 is 20.3. The fourth-order valence-corrected chi connectivity index (χ4v) is 3.62. The molecule has 1 saturated heterocycles. The van der Waals surface area contributed by atoms with Gasteiger partial charge in [-0.1, -0.05) is 0 Å². The molecule has 0 saturated carbocycles. The third-order valence-corrected chi connectivity index (χ3v) is 5.31. The zero-order valence-corrected chi connectivity index (χ0v) is 16.9. The van der Waals surface area contributed by atoms with E-state index in [-0.39, 0.29) is 30.0 Å². The minimum absolute atomic E-state index is 0.0389. The molecule has 160 valence electrons. The molecule has 0 aliphatic carbocycles. The average Bonchev–Trinajstić information content (AvgIpc) is 3.13. The molecule has 0 atom stereocenters. The predicted molar refractivity (Wildman–Crippen MR) is 114 cm³/mol. The van der Waals surface area contributed by atoms with Crippen LogP contribution in [0.5, 0.6) is 0 Å². The molecule has 0 aromatic carbocycles. The van der Waals surface area contributed by atoms with Crippen molar-refractivity contribution in [3.05, 3.63) is 84.0 Å². The number of aromatic nitrogens is 4. The Balaban J connectivity index is 1.38. The van der Waals surface area contributed by atoms with Crippen LogP contribution in [-0.4, -0.2) is 44.4 Å². The molecule has 4 aromatic rings. The fourth-order valence-electron chi connectivity index (χ4n) is 3.62. The van der Waals surface area contributed by atoms with E-state index < -0.39 is 5.82 Å². The highest BCUT2D eigenvalue weighted by Crippen LogP contribution is 2.29. The van der Waals surface area contributed by atoms with Crippen molar-refractivity contribution in [2.24, 2.45) is 0 Å². The number of anilines is 1. The van der Waals surface area contributed by atoms with E-state index in [2.05, 4.69) is 20.3 Å². The first-order chi connectivity index (χ1) is 15.6. The maximum absolute atomic E-state index is 13.3. The molecule has 0 radical (unpaired) electrons.